The molecule has 2 aliphatic rings. The van der Waals surface area contributed by atoms with Gasteiger partial charge in [0.05, 0.1) is 7.11 Å². The lowest BCUT2D eigenvalue weighted by molar-refractivity contribution is -0.174. The van der Waals surface area contributed by atoms with E-state index in [1.807, 2.05) is 31.2 Å². The van der Waals surface area contributed by atoms with E-state index < -0.39 is 29.0 Å². The Morgan fingerprint density at radius 2 is 1.78 bits per heavy atom. The largest absolute Gasteiger partial charge is 0.471 e. The first-order chi connectivity index (χ1) is 16.9. The van der Waals surface area contributed by atoms with Gasteiger partial charge in [-0.2, -0.15) is 13.2 Å². The Hall–Kier alpha value is -2.58. The molecule has 4 rings (SSSR count). The summed E-state index contributed by atoms with van der Waals surface area (Å²) in [4.78, 5) is 26.6. The number of ether oxygens (including phenoxy) is 1. The van der Waals surface area contributed by atoms with E-state index in [1.165, 1.54) is 24.3 Å². The van der Waals surface area contributed by atoms with E-state index in [0.717, 1.165) is 33.9 Å². The molecule has 36 heavy (non-hydrogen) atoms. The fraction of sp³-hybridized carbons (Fsp3) is 0.333. The Morgan fingerprint density at radius 3 is 2.33 bits per heavy atom. The maximum absolute atomic E-state index is 13.9. The highest BCUT2D eigenvalue weighted by molar-refractivity contribution is 9.11. The number of fused-ring (bicyclic) bond motifs is 2. The number of anilines is 1. The first-order valence-corrected chi connectivity index (χ1v) is 12.5. The van der Waals surface area contributed by atoms with Crippen molar-refractivity contribution in [1.82, 2.24) is 0 Å². The van der Waals surface area contributed by atoms with Crippen LogP contribution in [0.1, 0.15) is 49.3 Å². The monoisotopic (exact) mass is 581 g/mol. The number of rotatable bonds is 4. The highest BCUT2D eigenvalue weighted by Crippen LogP contribution is 2.57. The lowest BCUT2D eigenvalue weighted by Gasteiger charge is -2.49. The predicted molar refractivity (Wildman–Crippen MR) is 138 cm³/mol. The fourth-order valence-electron chi connectivity index (χ4n) is 5.37. The number of benzene rings is 2. The third-order valence-electron chi connectivity index (χ3n) is 7.24. The number of methoxy groups -OCH3 is 1. The molecule has 0 N–H and O–H groups in total. The lowest BCUT2D eigenvalue weighted by atomic mass is 9.64. The summed E-state index contributed by atoms with van der Waals surface area (Å²) in [5.41, 5.74) is 1.34. The van der Waals surface area contributed by atoms with Crippen molar-refractivity contribution in [3.05, 3.63) is 75.2 Å². The second-order valence-electron chi connectivity index (χ2n) is 9.30. The van der Waals surface area contributed by atoms with Gasteiger partial charge in [-0.1, -0.05) is 57.9 Å². The van der Waals surface area contributed by atoms with Gasteiger partial charge in [0.25, 0.3) is 0 Å². The Bertz CT molecular complexity index is 1280. The maximum Gasteiger partial charge on any atom is 0.471 e. The van der Waals surface area contributed by atoms with Crippen LogP contribution in [0.25, 0.3) is 11.6 Å². The van der Waals surface area contributed by atoms with E-state index in [0.29, 0.717) is 17.7 Å². The van der Waals surface area contributed by atoms with Crippen LogP contribution in [0.5, 0.6) is 0 Å². The van der Waals surface area contributed by atoms with Crippen LogP contribution in [0.4, 0.5) is 18.9 Å². The number of hydrogen-bond donors (Lipinski definition) is 0. The molecule has 2 aromatic rings. The van der Waals surface area contributed by atoms with Crippen molar-refractivity contribution < 1.29 is 27.5 Å². The van der Waals surface area contributed by atoms with E-state index in [2.05, 4.69) is 22.5 Å². The number of halogens is 5. The van der Waals surface area contributed by atoms with E-state index in [4.69, 9.17) is 16.3 Å². The molecule has 0 aromatic heterocycles. The standard InChI is InChI=1S/C27H24BrClF3NO3/c1-16(2)17-7-8-18-14-22(28)25(21(18)13-17)9-11-26(12-10-25,24(35)36-3)33(23(34)27(30,31)32)20-6-4-5-19(29)15-20/h4-8,13-15H,1,9-12H2,2-3H3. The number of esters is 1. The van der Waals surface area contributed by atoms with Crippen LogP contribution < -0.4 is 4.90 Å². The van der Waals surface area contributed by atoms with Crippen molar-refractivity contribution in [2.45, 2.75) is 49.7 Å². The topological polar surface area (TPSA) is 46.6 Å². The summed E-state index contributed by atoms with van der Waals surface area (Å²) in [5, 5.41) is 0.141. The summed E-state index contributed by atoms with van der Waals surface area (Å²) < 4.78 is 47.5. The first-order valence-electron chi connectivity index (χ1n) is 11.3. The number of carbonyl (C=O) groups is 2. The number of nitrogens with zero attached hydrogens (tertiary/aromatic N) is 1. The highest BCUT2D eigenvalue weighted by atomic mass is 79.9. The molecule has 1 spiro atoms. The summed E-state index contributed by atoms with van der Waals surface area (Å²) in [6.07, 6.45) is -2.68. The van der Waals surface area contributed by atoms with Gasteiger partial charge in [-0.3, -0.25) is 9.69 Å². The summed E-state index contributed by atoms with van der Waals surface area (Å²) in [6.45, 7) is 5.92. The summed E-state index contributed by atoms with van der Waals surface area (Å²) in [6, 6.07) is 11.5. The van der Waals surface area contributed by atoms with Gasteiger partial charge < -0.3 is 4.74 Å². The summed E-state index contributed by atoms with van der Waals surface area (Å²) in [5.74, 6) is -3.04. The van der Waals surface area contributed by atoms with E-state index >= 15 is 0 Å². The summed E-state index contributed by atoms with van der Waals surface area (Å²) >= 11 is 9.75. The number of carbonyl (C=O) groups excluding carboxylic acids is 2. The van der Waals surface area contributed by atoms with Crippen LogP contribution in [-0.2, 0) is 19.7 Å². The Balaban J connectivity index is 1.82. The highest BCUT2D eigenvalue weighted by Gasteiger charge is 2.59. The molecule has 0 radical (unpaired) electrons. The third-order valence-corrected chi connectivity index (χ3v) is 8.46. The average Bonchev–Trinajstić information content (AvgIpc) is 3.09. The van der Waals surface area contributed by atoms with Crippen LogP contribution in [-0.4, -0.2) is 30.7 Å². The minimum Gasteiger partial charge on any atom is -0.467 e. The molecule has 1 amide bonds. The molecule has 0 heterocycles. The number of allylic oxidation sites excluding steroid dienone is 2. The molecule has 4 nitrogen and oxygen atoms in total. The van der Waals surface area contributed by atoms with Gasteiger partial charge in [-0.05, 0) is 79.6 Å². The molecule has 190 valence electrons. The Labute approximate surface area is 220 Å². The van der Waals surface area contributed by atoms with Gasteiger partial charge in [0.15, 0.2) is 0 Å². The quantitative estimate of drug-likeness (QED) is 0.352. The van der Waals surface area contributed by atoms with Crippen LogP contribution in [0.2, 0.25) is 5.02 Å². The van der Waals surface area contributed by atoms with Crippen LogP contribution in [0.15, 0.2) is 53.5 Å². The van der Waals surface area contributed by atoms with E-state index in [9.17, 15) is 22.8 Å². The second kappa shape index (κ2) is 9.38. The van der Waals surface area contributed by atoms with Gasteiger partial charge in [0, 0.05) is 20.6 Å². The van der Waals surface area contributed by atoms with Gasteiger partial charge >= 0.3 is 18.1 Å². The number of amides is 1. The summed E-state index contributed by atoms with van der Waals surface area (Å²) in [7, 11) is 1.11. The third kappa shape index (κ3) is 4.28. The minimum absolute atomic E-state index is 0.0479. The van der Waals surface area contributed by atoms with Crippen molar-refractivity contribution in [2.75, 3.05) is 12.0 Å². The number of alkyl halides is 3. The van der Waals surface area contributed by atoms with Gasteiger partial charge in [-0.15, -0.1) is 0 Å². The Morgan fingerprint density at radius 1 is 1.11 bits per heavy atom. The zero-order chi connectivity index (χ0) is 26.5. The molecule has 1 saturated carbocycles. The minimum atomic E-state index is -5.21. The molecule has 2 aromatic carbocycles. The SMILES string of the molecule is C=C(C)c1ccc2c(c1)C1(CCC(C(=O)OC)(N(C(=O)C(F)(F)F)c3cccc(Cl)c3)CC1)C(Br)=C2. The van der Waals surface area contributed by atoms with Crippen molar-refractivity contribution in [3.63, 3.8) is 0 Å². The predicted octanol–water partition coefficient (Wildman–Crippen LogP) is 7.44. The molecule has 0 bridgehead atoms. The van der Waals surface area contributed by atoms with Gasteiger partial charge in [0.1, 0.15) is 5.54 Å². The molecule has 0 aliphatic heterocycles. The molecule has 0 saturated heterocycles. The van der Waals surface area contributed by atoms with Crippen molar-refractivity contribution in [2.24, 2.45) is 0 Å². The smallest absolute Gasteiger partial charge is 0.467 e. The van der Waals surface area contributed by atoms with Gasteiger partial charge in [0.2, 0.25) is 0 Å². The van der Waals surface area contributed by atoms with Crippen molar-refractivity contribution >= 4 is 56.7 Å². The van der Waals surface area contributed by atoms with E-state index in [-0.39, 0.29) is 23.6 Å². The zero-order valence-corrected chi connectivity index (χ0v) is 22.1. The van der Waals surface area contributed by atoms with E-state index in [1.54, 1.807) is 0 Å². The molecule has 9 heteroatoms. The van der Waals surface area contributed by atoms with Crippen LogP contribution >= 0.6 is 27.5 Å². The molecular weight excluding hydrogens is 559 g/mol. The Kier molecular flexibility index (Phi) is 6.90. The molecule has 0 atom stereocenters. The van der Waals surface area contributed by atoms with Crippen LogP contribution in [0.3, 0.4) is 0 Å². The van der Waals surface area contributed by atoms with Crippen molar-refractivity contribution in [3.8, 4) is 0 Å². The zero-order valence-electron chi connectivity index (χ0n) is 19.7. The lowest BCUT2D eigenvalue weighted by Crippen LogP contribution is -2.63. The molecule has 0 unspecified atom stereocenters. The molecule has 2 aliphatic carbocycles. The maximum atomic E-state index is 13.9. The number of hydrogen-bond acceptors (Lipinski definition) is 3. The normalized spacial score (nSPS) is 23.1. The first kappa shape index (κ1) is 26.5. The molecular formula is C27H24BrClF3NO3. The van der Waals surface area contributed by atoms with Gasteiger partial charge in [-0.25, -0.2) is 4.79 Å². The second-order valence-corrected chi connectivity index (χ2v) is 10.6. The fourth-order valence-corrected chi connectivity index (χ4v) is 6.41. The van der Waals surface area contributed by atoms with Crippen molar-refractivity contribution in [1.29, 1.82) is 0 Å². The van der Waals surface area contributed by atoms with Crippen LogP contribution in [0, 0.1) is 0 Å². The average molecular weight is 583 g/mol. The molecule has 1 fully saturated rings.